The molecule has 0 saturated heterocycles. The molecule has 0 radical (unpaired) electrons. The number of carbonyl (C=O) groups is 2. The van der Waals surface area contributed by atoms with Gasteiger partial charge in [-0.05, 0) is 37.8 Å². The summed E-state index contributed by atoms with van der Waals surface area (Å²) < 4.78 is 1.87. The van der Waals surface area contributed by atoms with Crippen LogP contribution >= 0.6 is 0 Å². The molecule has 0 spiro atoms. The normalized spacial score (nSPS) is 19.6. The van der Waals surface area contributed by atoms with Crippen molar-refractivity contribution in [3.8, 4) is 6.07 Å². The van der Waals surface area contributed by atoms with Crippen molar-refractivity contribution < 1.29 is 9.59 Å². The molecule has 2 aromatic rings. The first-order valence-electron chi connectivity index (χ1n) is 10.1. The Morgan fingerprint density at radius 1 is 1.14 bits per heavy atom. The van der Waals surface area contributed by atoms with E-state index >= 15 is 0 Å². The van der Waals surface area contributed by atoms with Gasteiger partial charge in [0.25, 0.3) is 5.91 Å². The van der Waals surface area contributed by atoms with Crippen LogP contribution in [0.3, 0.4) is 0 Å². The van der Waals surface area contributed by atoms with Crippen LogP contribution in [0, 0.1) is 16.7 Å². The molecule has 28 heavy (non-hydrogen) atoms. The van der Waals surface area contributed by atoms with Crippen LogP contribution in [0.25, 0.3) is 10.9 Å². The Balaban J connectivity index is 1.55. The molecule has 1 heterocycles. The number of nitriles is 1. The van der Waals surface area contributed by atoms with Crippen molar-refractivity contribution in [3.05, 3.63) is 36.0 Å². The van der Waals surface area contributed by atoms with Gasteiger partial charge >= 0.3 is 0 Å². The fourth-order valence-electron chi connectivity index (χ4n) is 4.25. The maximum Gasteiger partial charge on any atom is 0.268 e. The minimum Gasteiger partial charge on any atom is -0.352 e. The second kappa shape index (κ2) is 6.97. The molecule has 1 aromatic heterocycles. The quantitative estimate of drug-likeness (QED) is 0.838. The second-order valence-corrected chi connectivity index (χ2v) is 8.32. The molecule has 2 amide bonds. The average molecular weight is 378 g/mol. The molecule has 2 fully saturated rings. The number of hydrogen-bond donors (Lipinski definition) is 2. The number of nitrogens with one attached hydrogen (secondary N) is 2. The summed E-state index contributed by atoms with van der Waals surface area (Å²) in [4.78, 5) is 26.2. The van der Waals surface area contributed by atoms with E-state index in [9.17, 15) is 14.9 Å². The highest BCUT2D eigenvalue weighted by atomic mass is 16.2. The summed E-state index contributed by atoms with van der Waals surface area (Å²) in [5, 5.41) is 16.3. The summed E-state index contributed by atoms with van der Waals surface area (Å²) in [5.74, 6) is -0.377. The molecule has 0 bridgehead atoms. The molecule has 146 valence electrons. The van der Waals surface area contributed by atoms with Crippen molar-refractivity contribution in [3.63, 3.8) is 0 Å². The number of rotatable bonds is 5. The number of carbonyl (C=O) groups excluding carboxylic acids is 2. The number of aromatic nitrogens is 1. The molecule has 2 aliphatic rings. The summed E-state index contributed by atoms with van der Waals surface area (Å²) in [6, 6.07) is 12.0. The fourth-order valence-corrected chi connectivity index (χ4v) is 4.25. The first-order chi connectivity index (χ1) is 13.5. The number of para-hydroxylation sites is 1. The van der Waals surface area contributed by atoms with Crippen LogP contribution in [0.4, 0.5) is 0 Å². The minimum atomic E-state index is -0.892. The zero-order valence-electron chi connectivity index (χ0n) is 16.3. The van der Waals surface area contributed by atoms with Crippen LogP contribution in [-0.2, 0) is 11.8 Å². The highest BCUT2D eigenvalue weighted by Crippen LogP contribution is 2.44. The molecule has 4 rings (SSSR count). The van der Waals surface area contributed by atoms with E-state index in [1.807, 2.05) is 41.9 Å². The lowest BCUT2D eigenvalue weighted by molar-refractivity contribution is -0.128. The van der Waals surface area contributed by atoms with Crippen LogP contribution in [0.1, 0.15) is 55.4 Å². The van der Waals surface area contributed by atoms with Gasteiger partial charge in [-0.25, -0.2) is 0 Å². The fraction of sp³-hybridized carbons (Fsp3) is 0.500. The van der Waals surface area contributed by atoms with E-state index in [-0.39, 0.29) is 11.8 Å². The lowest BCUT2D eigenvalue weighted by atomic mass is 9.80. The molecule has 2 aliphatic carbocycles. The number of fused-ring (bicyclic) bond motifs is 1. The van der Waals surface area contributed by atoms with Gasteiger partial charge in [-0.15, -0.1) is 0 Å². The molecule has 2 N–H and O–H groups in total. The maximum atomic E-state index is 13.1. The van der Waals surface area contributed by atoms with E-state index in [4.69, 9.17) is 0 Å². The molecule has 0 aliphatic heterocycles. The summed E-state index contributed by atoms with van der Waals surface area (Å²) in [5.41, 5.74) is 0.247. The Morgan fingerprint density at radius 2 is 1.86 bits per heavy atom. The predicted octanol–water partition coefficient (Wildman–Crippen LogP) is 3.03. The average Bonchev–Trinajstić information content (AvgIpc) is 3.43. The number of amides is 2. The van der Waals surface area contributed by atoms with Crippen LogP contribution in [0.5, 0.6) is 0 Å². The zero-order valence-corrected chi connectivity index (χ0v) is 16.3. The van der Waals surface area contributed by atoms with Gasteiger partial charge in [0.15, 0.2) is 0 Å². The minimum absolute atomic E-state index is 0.152. The lowest BCUT2D eigenvalue weighted by Gasteiger charge is -2.36. The Labute approximate surface area is 164 Å². The third-order valence-electron chi connectivity index (χ3n) is 6.36. The molecule has 2 saturated carbocycles. The Kier molecular flexibility index (Phi) is 4.62. The highest BCUT2D eigenvalue weighted by Gasteiger charge is 2.46. The van der Waals surface area contributed by atoms with Crippen molar-refractivity contribution in [2.45, 2.75) is 50.5 Å². The molecule has 0 unspecified atom stereocenters. The first-order valence-corrected chi connectivity index (χ1v) is 10.1. The third-order valence-corrected chi connectivity index (χ3v) is 6.36. The van der Waals surface area contributed by atoms with Crippen molar-refractivity contribution >= 4 is 22.7 Å². The number of benzene rings is 1. The lowest BCUT2D eigenvalue weighted by Crippen LogP contribution is -2.60. The summed E-state index contributed by atoms with van der Waals surface area (Å²) in [6.45, 7) is 0.369. The Morgan fingerprint density at radius 3 is 2.50 bits per heavy atom. The SMILES string of the molecule is Cn1c(C(=O)NC2(C(=O)NCC3(C#N)CC3)CCCCC2)cc2ccccc21. The van der Waals surface area contributed by atoms with Gasteiger partial charge in [0.1, 0.15) is 11.2 Å². The van der Waals surface area contributed by atoms with Crippen LogP contribution < -0.4 is 10.6 Å². The van der Waals surface area contributed by atoms with Gasteiger partial charge in [-0.1, -0.05) is 37.5 Å². The first kappa shape index (κ1) is 18.5. The van der Waals surface area contributed by atoms with Gasteiger partial charge < -0.3 is 15.2 Å². The van der Waals surface area contributed by atoms with E-state index in [0.29, 0.717) is 25.1 Å². The summed E-state index contributed by atoms with van der Waals surface area (Å²) in [6.07, 6.45) is 5.82. The van der Waals surface area contributed by atoms with Gasteiger partial charge in [-0.3, -0.25) is 9.59 Å². The maximum absolute atomic E-state index is 13.1. The number of hydrogen-bond acceptors (Lipinski definition) is 3. The molecular weight excluding hydrogens is 352 g/mol. The topological polar surface area (TPSA) is 86.9 Å². The Hall–Kier alpha value is -2.81. The zero-order chi connectivity index (χ0) is 19.8. The number of nitrogens with zero attached hydrogens (tertiary/aromatic N) is 2. The smallest absolute Gasteiger partial charge is 0.268 e. The van der Waals surface area contributed by atoms with Gasteiger partial charge in [0.05, 0.1) is 11.5 Å². The van der Waals surface area contributed by atoms with Gasteiger partial charge in [0, 0.05) is 24.5 Å². The van der Waals surface area contributed by atoms with Crippen molar-refractivity contribution in [2.75, 3.05) is 6.54 Å². The van der Waals surface area contributed by atoms with E-state index in [1.54, 1.807) is 0 Å². The largest absolute Gasteiger partial charge is 0.352 e. The summed E-state index contributed by atoms with van der Waals surface area (Å²) >= 11 is 0. The van der Waals surface area contributed by atoms with E-state index < -0.39 is 11.0 Å². The Bertz CT molecular complexity index is 959. The van der Waals surface area contributed by atoms with E-state index in [1.165, 1.54) is 0 Å². The van der Waals surface area contributed by atoms with Crippen LogP contribution in [-0.4, -0.2) is 28.5 Å². The van der Waals surface area contributed by atoms with Gasteiger partial charge in [-0.2, -0.15) is 5.26 Å². The molecule has 1 aromatic carbocycles. The highest BCUT2D eigenvalue weighted by molar-refractivity contribution is 6.02. The molecule has 6 heteroatoms. The third kappa shape index (κ3) is 3.26. The molecular formula is C22H26N4O2. The predicted molar refractivity (Wildman–Crippen MR) is 106 cm³/mol. The van der Waals surface area contributed by atoms with Crippen molar-refractivity contribution in [2.24, 2.45) is 12.5 Å². The number of aryl methyl sites for hydroxylation is 1. The molecule has 0 atom stereocenters. The van der Waals surface area contributed by atoms with Crippen molar-refractivity contribution in [1.82, 2.24) is 15.2 Å². The second-order valence-electron chi connectivity index (χ2n) is 8.32. The van der Waals surface area contributed by atoms with E-state index in [2.05, 4.69) is 16.7 Å². The van der Waals surface area contributed by atoms with Gasteiger partial charge in [0.2, 0.25) is 5.91 Å². The molecule has 6 nitrogen and oxygen atoms in total. The summed E-state index contributed by atoms with van der Waals surface area (Å²) in [7, 11) is 1.87. The standard InChI is InChI=1S/C22H26N4O2/c1-26-17-8-4-3-7-16(17)13-18(26)19(27)25-22(9-5-2-6-10-22)20(28)24-15-21(14-23)11-12-21/h3-4,7-8,13H,2,5-6,9-12,15H2,1H3,(H,24,28)(H,25,27). The monoisotopic (exact) mass is 378 g/mol. The van der Waals surface area contributed by atoms with Crippen LogP contribution in [0.15, 0.2) is 30.3 Å². The van der Waals surface area contributed by atoms with Crippen molar-refractivity contribution in [1.29, 1.82) is 5.26 Å². The van der Waals surface area contributed by atoms with Crippen LogP contribution in [0.2, 0.25) is 0 Å². The van der Waals surface area contributed by atoms with E-state index in [0.717, 1.165) is 43.0 Å².